The summed E-state index contributed by atoms with van der Waals surface area (Å²) in [6.07, 6.45) is 0.553. The Bertz CT molecular complexity index is 612. The van der Waals surface area contributed by atoms with Crippen LogP contribution >= 0.6 is 0 Å². The first-order chi connectivity index (χ1) is 10.9. The van der Waals surface area contributed by atoms with Crippen LogP contribution in [0.4, 0.5) is 5.69 Å². The van der Waals surface area contributed by atoms with Crippen molar-refractivity contribution >= 4 is 23.5 Å². The lowest BCUT2D eigenvalue weighted by Gasteiger charge is -2.27. The van der Waals surface area contributed by atoms with Gasteiger partial charge in [-0.2, -0.15) is 0 Å². The number of carbonyl (C=O) groups excluding carboxylic acids is 3. The first kappa shape index (κ1) is 17.0. The number of para-hydroxylation sites is 1. The monoisotopic (exact) mass is 318 g/mol. The van der Waals surface area contributed by atoms with Crippen LogP contribution in [0.5, 0.6) is 0 Å². The van der Waals surface area contributed by atoms with E-state index in [9.17, 15) is 14.4 Å². The highest BCUT2D eigenvalue weighted by Crippen LogP contribution is 2.32. The lowest BCUT2D eigenvalue weighted by Crippen LogP contribution is -2.45. The Labute approximate surface area is 135 Å². The molecule has 0 aromatic heterocycles. The van der Waals surface area contributed by atoms with E-state index in [1.54, 1.807) is 12.1 Å². The highest BCUT2D eigenvalue weighted by atomic mass is 16.5. The number of benzene rings is 1. The van der Waals surface area contributed by atoms with Gasteiger partial charge >= 0.3 is 5.97 Å². The van der Waals surface area contributed by atoms with Crippen LogP contribution < -0.4 is 10.6 Å². The van der Waals surface area contributed by atoms with E-state index in [1.807, 2.05) is 26.0 Å². The molecule has 23 heavy (non-hydrogen) atoms. The number of hydrogen-bond donors (Lipinski definition) is 2. The van der Waals surface area contributed by atoms with Crippen LogP contribution in [0.1, 0.15) is 38.2 Å². The number of fused-ring (bicyclic) bond motifs is 1. The van der Waals surface area contributed by atoms with Crippen LogP contribution in [0, 0.1) is 5.92 Å². The Morgan fingerprint density at radius 2 is 2.04 bits per heavy atom. The van der Waals surface area contributed by atoms with Gasteiger partial charge in [0, 0.05) is 12.1 Å². The third-order valence-corrected chi connectivity index (χ3v) is 3.83. The zero-order chi connectivity index (χ0) is 17.0. The Balaban J connectivity index is 2.19. The molecule has 2 rings (SSSR count). The van der Waals surface area contributed by atoms with Crippen LogP contribution in [0.15, 0.2) is 24.3 Å². The van der Waals surface area contributed by atoms with Gasteiger partial charge < -0.3 is 15.4 Å². The maximum atomic E-state index is 12.6. The number of hydrogen-bond acceptors (Lipinski definition) is 4. The molecule has 0 spiro atoms. The second kappa shape index (κ2) is 7.26. The number of methoxy groups -OCH3 is 1. The first-order valence-corrected chi connectivity index (χ1v) is 7.69. The minimum atomic E-state index is -0.704. The molecule has 1 aromatic carbocycles. The van der Waals surface area contributed by atoms with Crippen LogP contribution in [0.2, 0.25) is 0 Å². The highest BCUT2D eigenvalue weighted by Gasteiger charge is 2.33. The maximum absolute atomic E-state index is 12.6. The van der Waals surface area contributed by atoms with Crippen LogP contribution in [0.25, 0.3) is 0 Å². The molecule has 0 radical (unpaired) electrons. The molecule has 2 atom stereocenters. The Hall–Kier alpha value is -2.37. The molecular weight excluding hydrogens is 296 g/mol. The van der Waals surface area contributed by atoms with Crippen LogP contribution in [-0.4, -0.2) is 30.9 Å². The molecule has 6 heteroatoms. The van der Waals surface area contributed by atoms with Gasteiger partial charge in [0.15, 0.2) is 0 Å². The van der Waals surface area contributed by atoms with Crippen LogP contribution in [-0.2, 0) is 19.1 Å². The number of esters is 1. The molecule has 2 unspecified atom stereocenters. The van der Waals surface area contributed by atoms with E-state index in [2.05, 4.69) is 10.6 Å². The Kier molecular flexibility index (Phi) is 5.36. The SMILES string of the molecule is COC(=O)C(CC(C)C)NC(=O)C1CC(=O)Nc2ccccc21. The molecule has 1 aliphatic rings. The van der Waals surface area contributed by atoms with E-state index >= 15 is 0 Å². The quantitative estimate of drug-likeness (QED) is 0.811. The van der Waals surface area contributed by atoms with Crippen molar-refractivity contribution in [1.82, 2.24) is 5.32 Å². The van der Waals surface area contributed by atoms with Gasteiger partial charge in [-0.15, -0.1) is 0 Å². The van der Waals surface area contributed by atoms with Gasteiger partial charge in [-0.25, -0.2) is 4.79 Å². The van der Waals surface area contributed by atoms with Gasteiger partial charge in [0.2, 0.25) is 11.8 Å². The van der Waals surface area contributed by atoms with Gasteiger partial charge in [-0.05, 0) is 24.0 Å². The number of carbonyl (C=O) groups is 3. The van der Waals surface area contributed by atoms with Gasteiger partial charge in [0.1, 0.15) is 6.04 Å². The van der Waals surface area contributed by atoms with E-state index in [0.717, 1.165) is 5.56 Å². The lowest BCUT2D eigenvalue weighted by atomic mass is 9.89. The summed E-state index contributed by atoms with van der Waals surface area (Å²) >= 11 is 0. The zero-order valence-electron chi connectivity index (χ0n) is 13.6. The summed E-state index contributed by atoms with van der Waals surface area (Å²) in [6.45, 7) is 3.93. The molecule has 2 N–H and O–H groups in total. The van der Waals surface area contributed by atoms with Crippen molar-refractivity contribution in [2.24, 2.45) is 5.92 Å². The summed E-state index contributed by atoms with van der Waals surface area (Å²) < 4.78 is 4.76. The molecule has 0 bridgehead atoms. The third kappa shape index (κ3) is 4.09. The number of ether oxygens (including phenoxy) is 1. The van der Waals surface area contributed by atoms with Gasteiger partial charge in [-0.3, -0.25) is 9.59 Å². The summed E-state index contributed by atoms with van der Waals surface area (Å²) in [5.41, 5.74) is 1.40. The summed E-state index contributed by atoms with van der Waals surface area (Å²) in [4.78, 5) is 36.3. The molecule has 0 aliphatic carbocycles. The fourth-order valence-electron chi connectivity index (χ4n) is 2.75. The second-order valence-electron chi connectivity index (χ2n) is 6.11. The van der Waals surface area contributed by atoms with E-state index in [0.29, 0.717) is 12.1 Å². The fraction of sp³-hybridized carbons (Fsp3) is 0.471. The third-order valence-electron chi connectivity index (χ3n) is 3.83. The number of anilines is 1. The maximum Gasteiger partial charge on any atom is 0.328 e. The summed E-state index contributed by atoms with van der Waals surface area (Å²) in [5.74, 6) is -1.38. The molecule has 6 nitrogen and oxygen atoms in total. The van der Waals surface area contributed by atoms with Gasteiger partial charge in [-0.1, -0.05) is 32.0 Å². The van der Waals surface area contributed by atoms with Crippen molar-refractivity contribution in [3.8, 4) is 0 Å². The molecule has 1 aliphatic heterocycles. The minimum Gasteiger partial charge on any atom is -0.467 e. The summed E-state index contributed by atoms with van der Waals surface area (Å²) in [7, 11) is 1.30. The van der Waals surface area contributed by atoms with Crippen molar-refractivity contribution < 1.29 is 19.1 Å². The standard InChI is InChI=1S/C17H22N2O4/c1-10(2)8-14(17(22)23-3)19-16(21)12-9-15(20)18-13-7-5-4-6-11(12)13/h4-7,10,12,14H,8-9H2,1-3H3,(H,18,20)(H,19,21). The second-order valence-corrected chi connectivity index (χ2v) is 6.11. The predicted octanol–water partition coefficient (Wildman–Crippen LogP) is 1.82. The minimum absolute atomic E-state index is 0.0679. The molecule has 0 saturated carbocycles. The molecule has 0 fully saturated rings. The van der Waals surface area contributed by atoms with Crippen molar-refractivity contribution in [2.45, 2.75) is 38.6 Å². The molecule has 0 saturated heterocycles. The number of rotatable bonds is 5. The average molecular weight is 318 g/mol. The van der Waals surface area contributed by atoms with E-state index in [4.69, 9.17) is 4.74 Å². The van der Waals surface area contributed by atoms with Crippen molar-refractivity contribution in [3.63, 3.8) is 0 Å². The van der Waals surface area contributed by atoms with Gasteiger partial charge in [0.25, 0.3) is 0 Å². The number of amides is 2. The normalized spacial score (nSPS) is 17.9. The van der Waals surface area contributed by atoms with E-state index < -0.39 is 17.9 Å². The van der Waals surface area contributed by atoms with E-state index in [-0.39, 0.29) is 24.2 Å². The molecule has 124 valence electrons. The lowest BCUT2D eigenvalue weighted by molar-refractivity contribution is -0.145. The summed E-state index contributed by atoms with van der Waals surface area (Å²) in [6, 6.07) is 6.50. The summed E-state index contributed by atoms with van der Waals surface area (Å²) in [5, 5.41) is 5.49. The Morgan fingerprint density at radius 3 is 2.70 bits per heavy atom. The van der Waals surface area contributed by atoms with Gasteiger partial charge in [0.05, 0.1) is 13.0 Å². The average Bonchev–Trinajstić information content (AvgIpc) is 2.52. The largest absolute Gasteiger partial charge is 0.467 e. The first-order valence-electron chi connectivity index (χ1n) is 7.69. The number of nitrogens with one attached hydrogen (secondary N) is 2. The predicted molar refractivity (Wildman–Crippen MR) is 85.8 cm³/mol. The topological polar surface area (TPSA) is 84.5 Å². The Morgan fingerprint density at radius 1 is 1.35 bits per heavy atom. The molecule has 1 heterocycles. The van der Waals surface area contributed by atoms with Crippen molar-refractivity contribution in [3.05, 3.63) is 29.8 Å². The van der Waals surface area contributed by atoms with Crippen molar-refractivity contribution in [1.29, 1.82) is 0 Å². The van der Waals surface area contributed by atoms with Crippen LogP contribution in [0.3, 0.4) is 0 Å². The van der Waals surface area contributed by atoms with E-state index in [1.165, 1.54) is 7.11 Å². The smallest absolute Gasteiger partial charge is 0.328 e. The highest BCUT2D eigenvalue weighted by molar-refractivity contribution is 6.01. The zero-order valence-corrected chi connectivity index (χ0v) is 13.6. The molecule has 1 aromatic rings. The molecule has 2 amide bonds. The molecular formula is C17H22N2O4. The van der Waals surface area contributed by atoms with Crippen molar-refractivity contribution in [2.75, 3.05) is 12.4 Å². The fourth-order valence-corrected chi connectivity index (χ4v) is 2.75.